The van der Waals surface area contributed by atoms with E-state index < -0.39 is 29.5 Å². The van der Waals surface area contributed by atoms with E-state index in [1.54, 1.807) is 14.1 Å². The van der Waals surface area contributed by atoms with E-state index in [0.29, 0.717) is 18.6 Å². The Morgan fingerprint density at radius 2 is 1.72 bits per heavy atom. The van der Waals surface area contributed by atoms with Crippen molar-refractivity contribution >= 4 is 41.4 Å². The second kappa shape index (κ2) is 13.6. The number of anilines is 3. The number of hydrogen-bond donors (Lipinski definition) is 2. The van der Waals surface area contributed by atoms with Gasteiger partial charge in [-0.2, -0.15) is 0 Å². The molecule has 1 heterocycles. The number of benzene rings is 2. The van der Waals surface area contributed by atoms with E-state index in [1.807, 2.05) is 0 Å². The van der Waals surface area contributed by atoms with Gasteiger partial charge in [0.2, 0.25) is 6.41 Å². The standard InChI is InChI=1S/C30H30F2N6O5/c1-36(2)30(42)35-27-15-23(12-13-33-27)43-26-11-8-21(14-25(26)32)34-28(40)24(17-38(18-39)16-19-4-5-19)29(41)37(3)22-9-6-20(31)7-10-22/h6-15,17-19H,4-5,16H2,1-3H3,(H,34,40)(H,33,35,42)/b24-17-. The first-order valence-electron chi connectivity index (χ1n) is 13.2. The SMILES string of the molecule is CN(C)C(=O)Nc1cc(Oc2ccc(NC(=O)/C(=C/N(C=O)CC3CC3)C(=O)N(C)c3ccc(F)cc3)cc2F)ccn1. The molecule has 1 saturated carbocycles. The van der Waals surface area contributed by atoms with Gasteiger partial charge in [-0.05, 0) is 61.2 Å². The third kappa shape index (κ3) is 8.35. The molecule has 0 atom stereocenters. The third-order valence-electron chi connectivity index (χ3n) is 6.38. The molecule has 0 radical (unpaired) electrons. The maximum absolute atomic E-state index is 15.0. The van der Waals surface area contributed by atoms with Crippen LogP contribution in [-0.4, -0.2) is 66.7 Å². The first-order chi connectivity index (χ1) is 20.5. The third-order valence-corrected chi connectivity index (χ3v) is 6.38. The zero-order valence-corrected chi connectivity index (χ0v) is 23.7. The van der Waals surface area contributed by atoms with Crippen LogP contribution in [0.1, 0.15) is 12.8 Å². The van der Waals surface area contributed by atoms with E-state index >= 15 is 4.39 Å². The van der Waals surface area contributed by atoms with Crippen LogP contribution in [0.3, 0.4) is 0 Å². The number of urea groups is 1. The minimum Gasteiger partial charge on any atom is -0.454 e. The second-order valence-corrected chi connectivity index (χ2v) is 10.0. The summed E-state index contributed by atoms with van der Waals surface area (Å²) in [6.07, 6.45) is 4.93. The summed E-state index contributed by atoms with van der Waals surface area (Å²) < 4.78 is 34.0. The summed E-state index contributed by atoms with van der Waals surface area (Å²) in [5.74, 6) is -2.47. The van der Waals surface area contributed by atoms with Crippen molar-refractivity contribution in [3.8, 4) is 11.5 Å². The Morgan fingerprint density at radius 1 is 1.00 bits per heavy atom. The fraction of sp³-hybridized carbons (Fsp3) is 0.233. The van der Waals surface area contributed by atoms with Crippen LogP contribution in [0.2, 0.25) is 0 Å². The van der Waals surface area contributed by atoms with E-state index in [1.165, 1.54) is 71.6 Å². The van der Waals surface area contributed by atoms with Crippen molar-refractivity contribution in [3.63, 3.8) is 0 Å². The number of carbonyl (C=O) groups excluding carboxylic acids is 4. The van der Waals surface area contributed by atoms with Crippen LogP contribution in [0.25, 0.3) is 0 Å². The van der Waals surface area contributed by atoms with E-state index in [2.05, 4.69) is 15.6 Å². The van der Waals surface area contributed by atoms with Crippen LogP contribution < -0.4 is 20.3 Å². The minimum atomic E-state index is -0.884. The number of halogens is 2. The molecule has 1 aliphatic carbocycles. The average Bonchev–Trinajstić information content (AvgIpc) is 3.80. The summed E-state index contributed by atoms with van der Waals surface area (Å²) in [5, 5.41) is 5.06. The molecule has 43 heavy (non-hydrogen) atoms. The molecule has 3 aromatic rings. The monoisotopic (exact) mass is 592 g/mol. The smallest absolute Gasteiger partial charge is 0.322 e. The number of amides is 5. The highest BCUT2D eigenvalue weighted by molar-refractivity contribution is 6.26. The van der Waals surface area contributed by atoms with Crippen molar-refractivity contribution in [2.24, 2.45) is 5.92 Å². The Kier molecular flexibility index (Phi) is 9.65. The van der Waals surface area contributed by atoms with Gasteiger partial charge in [0.1, 0.15) is 23.0 Å². The predicted octanol–water partition coefficient (Wildman–Crippen LogP) is 4.60. The molecule has 0 unspecified atom stereocenters. The summed E-state index contributed by atoms with van der Waals surface area (Å²) in [7, 11) is 4.54. The van der Waals surface area contributed by atoms with Gasteiger partial charge < -0.3 is 24.8 Å². The molecule has 4 rings (SSSR count). The summed E-state index contributed by atoms with van der Waals surface area (Å²) in [6.45, 7) is 0.337. The molecule has 5 amide bonds. The van der Waals surface area contributed by atoms with Crippen LogP contribution in [0.5, 0.6) is 11.5 Å². The molecule has 1 fully saturated rings. The fourth-order valence-electron chi connectivity index (χ4n) is 3.82. The zero-order chi connectivity index (χ0) is 31.1. The van der Waals surface area contributed by atoms with Crippen LogP contribution in [-0.2, 0) is 14.4 Å². The van der Waals surface area contributed by atoms with Crippen LogP contribution in [0.15, 0.2) is 72.6 Å². The van der Waals surface area contributed by atoms with Crippen LogP contribution in [0, 0.1) is 17.6 Å². The van der Waals surface area contributed by atoms with Crippen molar-refractivity contribution in [1.82, 2.24) is 14.8 Å². The number of rotatable bonds is 11. The number of hydrogen-bond acceptors (Lipinski definition) is 6. The Morgan fingerprint density at radius 3 is 2.35 bits per heavy atom. The number of pyridine rings is 1. The number of nitrogens with one attached hydrogen (secondary N) is 2. The molecule has 0 aliphatic heterocycles. The fourth-order valence-corrected chi connectivity index (χ4v) is 3.82. The molecule has 2 aromatic carbocycles. The highest BCUT2D eigenvalue weighted by Crippen LogP contribution is 2.30. The van der Waals surface area contributed by atoms with Gasteiger partial charge in [-0.3, -0.25) is 19.7 Å². The number of carbonyl (C=O) groups is 4. The summed E-state index contributed by atoms with van der Waals surface area (Å²) >= 11 is 0. The van der Waals surface area contributed by atoms with Gasteiger partial charge in [-0.1, -0.05) is 0 Å². The highest BCUT2D eigenvalue weighted by atomic mass is 19.1. The predicted molar refractivity (Wildman–Crippen MR) is 155 cm³/mol. The molecular weight excluding hydrogens is 562 g/mol. The first kappa shape index (κ1) is 30.6. The lowest BCUT2D eigenvalue weighted by Gasteiger charge is -2.21. The van der Waals surface area contributed by atoms with Crippen molar-refractivity contribution in [3.05, 3.63) is 84.2 Å². The van der Waals surface area contributed by atoms with Crippen LogP contribution in [0.4, 0.5) is 30.8 Å². The number of nitrogens with zero attached hydrogens (tertiary/aromatic N) is 4. The van der Waals surface area contributed by atoms with Gasteiger partial charge in [0, 0.05) is 63.6 Å². The first-order valence-corrected chi connectivity index (χ1v) is 13.2. The molecular formula is C30H30F2N6O5. The van der Waals surface area contributed by atoms with Gasteiger partial charge in [-0.15, -0.1) is 0 Å². The van der Waals surface area contributed by atoms with E-state index in [-0.39, 0.29) is 34.5 Å². The lowest BCUT2D eigenvalue weighted by Crippen LogP contribution is -2.35. The maximum atomic E-state index is 15.0. The average molecular weight is 593 g/mol. The summed E-state index contributed by atoms with van der Waals surface area (Å²) in [4.78, 5) is 58.0. The Bertz CT molecular complexity index is 1540. The molecule has 2 N–H and O–H groups in total. The number of aromatic nitrogens is 1. The molecule has 13 heteroatoms. The molecule has 1 aromatic heterocycles. The number of ether oxygens (including phenoxy) is 1. The lowest BCUT2D eigenvalue weighted by molar-refractivity contribution is -0.119. The van der Waals surface area contributed by atoms with E-state index in [9.17, 15) is 23.6 Å². The lowest BCUT2D eigenvalue weighted by atomic mass is 10.2. The molecule has 1 aliphatic rings. The second-order valence-electron chi connectivity index (χ2n) is 10.0. The quantitative estimate of drug-likeness (QED) is 0.145. The van der Waals surface area contributed by atoms with Crippen molar-refractivity contribution in [1.29, 1.82) is 0 Å². The van der Waals surface area contributed by atoms with Gasteiger partial charge in [0.05, 0.1) is 0 Å². The summed E-state index contributed by atoms with van der Waals surface area (Å²) in [5.41, 5.74) is -0.0473. The Balaban J connectivity index is 1.52. The molecule has 224 valence electrons. The Hall–Kier alpha value is -5.33. The largest absolute Gasteiger partial charge is 0.454 e. The topological polar surface area (TPSA) is 124 Å². The zero-order valence-electron chi connectivity index (χ0n) is 23.7. The molecule has 0 bridgehead atoms. The summed E-state index contributed by atoms with van der Waals surface area (Å²) in [6, 6.07) is 11.2. The molecule has 0 spiro atoms. The highest BCUT2D eigenvalue weighted by Gasteiger charge is 2.27. The van der Waals surface area contributed by atoms with Crippen molar-refractivity contribution in [2.45, 2.75) is 12.8 Å². The molecule has 0 saturated heterocycles. The van der Waals surface area contributed by atoms with Gasteiger partial charge in [-0.25, -0.2) is 18.6 Å². The van der Waals surface area contributed by atoms with Gasteiger partial charge >= 0.3 is 6.03 Å². The normalized spacial score (nSPS) is 12.6. The van der Waals surface area contributed by atoms with Gasteiger partial charge in [0.15, 0.2) is 11.6 Å². The van der Waals surface area contributed by atoms with E-state index in [0.717, 1.165) is 30.0 Å². The van der Waals surface area contributed by atoms with Crippen molar-refractivity contribution in [2.75, 3.05) is 43.2 Å². The maximum Gasteiger partial charge on any atom is 0.322 e. The number of likely N-dealkylation sites (N-methyl/N-ethyl adjacent to an activating group) is 1. The van der Waals surface area contributed by atoms with Gasteiger partial charge in [0.25, 0.3) is 11.8 Å². The Labute approximate surface area is 246 Å². The van der Waals surface area contributed by atoms with E-state index in [4.69, 9.17) is 4.74 Å². The molecule has 11 nitrogen and oxygen atoms in total. The van der Waals surface area contributed by atoms with Crippen LogP contribution >= 0.6 is 0 Å². The minimum absolute atomic E-state index is 0.0199. The van der Waals surface area contributed by atoms with Crippen molar-refractivity contribution < 1.29 is 32.7 Å².